The van der Waals surface area contributed by atoms with Crippen LogP contribution in [0.4, 0.5) is 21.9 Å². The molecule has 4 N–H and O–H groups in total. The first-order chi connectivity index (χ1) is 14.3. The van der Waals surface area contributed by atoms with Crippen LogP contribution in [-0.2, 0) is 10.0 Å². The van der Waals surface area contributed by atoms with E-state index in [2.05, 4.69) is 31.3 Å². The molecule has 0 saturated carbocycles. The highest BCUT2D eigenvalue weighted by molar-refractivity contribution is 9.10. The summed E-state index contributed by atoms with van der Waals surface area (Å²) in [6.07, 6.45) is 0. The molecule has 0 aromatic heterocycles. The molecule has 154 valence electrons. The fraction of sp³-hybridized carbons (Fsp3) is 0. The highest BCUT2D eigenvalue weighted by Crippen LogP contribution is 2.27. The van der Waals surface area contributed by atoms with E-state index in [1.165, 1.54) is 36.4 Å². The summed E-state index contributed by atoms with van der Waals surface area (Å²) in [5.74, 6) is -1.37. The van der Waals surface area contributed by atoms with E-state index >= 15 is 0 Å². The second-order valence-corrected chi connectivity index (χ2v) is 8.52. The maximum absolute atomic E-state index is 12.8. The zero-order chi connectivity index (χ0) is 21.7. The predicted octanol–water partition coefficient (Wildman–Crippen LogP) is 4.59. The number of aromatic carboxylic acids is 1. The third-order valence-corrected chi connectivity index (χ3v) is 6.06. The molecule has 2 amide bonds. The number of carbonyl (C=O) groups is 2. The van der Waals surface area contributed by atoms with E-state index in [9.17, 15) is 23.1 Å². The molecule has 3 rings (SSSR count). The van der Waals surface area contributed by atoms with Gasteiger partial charge >= 0.3 is 12.0 Å². The van der Waals surface area contributed by atoms with Crippen molar-refractivity contribution in [1.82, 2.24) is 0 Å². The molecular weight excluding hydrogens is 474 g/mol. The molecule has 0 saturated heterocycles. The van der Waals surface area contributed by atoms with Gasteiger partial charge in [0.25, 0.3) is 10.0 Å². The van der Waals surface area contributed by atoms with E-state index < -0.39 is 22.0 Å². The number of amides is 2. The molecule has 30 heavy (non-hydrogen) atoms. The Kier molecular flexibility index (Phi) is 6.38. The summed E-state index contributed by atoms with van der Waals surface area (Å²) in [4.78, 5) is 23.4. The van der Waals surface area contributed by atoms with Crippen LogP contribution in [0.5, 0.6) is 0 Å². The van der Waals surface area contributed by atoms with Gasteiger partial charge in [0.15, 0.2) is 0 Å². The second kappa shape index (κ2) is 8.97. The lowest BCUT2D eigenvalue weighted by atomic mass is 10.2. The molecule has 0 fully saturated rings. The molecule has 8 nitrogen and oxygen atoms in total. The van der Waals surface area contributed by atoms with Gasteiger partial charge in [-0.25, -0.2) is 18.0 Å². The van der Waals surface area contributed by atoms with E-state index in [1.807, 2.05) is 0 Å². The van der Waals surface area contributed by atoms with Crippen molar-refractivity contribution in [3.63, 3.8) is 0 Å². The molecule has 0 unspecified atom stereocenters. The number of carboxylic acids is 1. The van der Waals surface area contributed by atoms with E-state index in [1.54, 1.807) is 36.4 Å². The Balaban J connectivity index is 1.84. The average molecular weight is 490 g/mol. The number of rotatable bonds is 6. The van der Waals surface area contributed by atoms with Crippen molar-refractivity contribution in [2.75, 3.05) is 15.4 Å². The number of anilines is 3. The van der Waals surface area contributed by atoms with Crippen LogP contribution in [0, 0.1) is 0 Å². The molecule has 0 spiro atoms. The normalized spacial score (nSPS) is 10.8. The van der Waals surface area contributed by atoms with Crippen LogP contribution in [0.3, 0.4) is 0 Å². The van der Waals surface area contributed by atoms with Crippen molar-refractivity contribution < 1.29 is 23.1 Å². The van der Waals surface area contributed by atoms with Gasteiger partial charge in [0, 0.05) is 4.47 Å². The number of hydrogen-bond donors (Lipinski definition) is 4. The summed E-state index contributed by atoms with van der Waals surface area (Å²) in [6.45, 7) is 0. The third kappa shape index (κ3) is 4.97. The summed E-state index contributed by atoms with van der Waals surface area (Å²) >= 11 is 3.33. The van der Waals surface area contributed by atoms with Crippen LogP contribution in [0.15, 0.2) is 82.2 Å². The van der Waals surface area contributed by atoms with E-state index in [0.717, 1.165) is 0 Å². The van der Waals surface area contributed by atoms with E-state index in [4.69, 9.17) is 0 Å². The topological polar surface area (TPSA) is 125 Å². The third-order valence-electron chi connectivity index (χ3n) is 3.95. The number of carboxylic acid groups (broad SMARTS) is 1. The Morgan fingerprint density at radius 1 is 0.767 bits per heavy atom. The van der Waals surface area contributed by atoms with Gasteiger partial charge in [0.05, 0.1) is 22.6 Å². The summed E-state index contributed by atoms with van der Waals surface area (Å²) in [5, 5.41) is 14.5. The van der Waals surface area contributed by atoms with Crippen LogP contribution in [0.2, 0.25) is 0 Å². The minimum Gasteiger partial charge on any atom is -0.478 e. The van der Waals surface area contributed by atoms with Gasteiger partial charge in [0.2, 0.25) is 0 Å². The number of halogens is 1. The maximum Gasteiger partial charge on any atom is 0.337 e. The molecule has 10 heteroatoms. The Labute approximate surface area is 181 Å². The zero-order valence-corrected chi connectivity index (χ0v) is 17.7. The van der Waals surface area contributed by atoms with Crippen LogP contribution in [-0.4, -0.2) is 25.5 Å². The molecule has 3 aromatic carbocycles. The van der Waals surface area contributed by atoms with E-state index in [-0.39, 0.29) is 21.8 Å². The van der Waals surface area contributed by atoms with Gasteiger partial charge in [-0.05, 0) is 52.3 Å². The number of sulfonamides is 1. The lowest BCUT2D eigenvalue weighted by Crippen LogP contribution is -2.22. The lowest BCUT2D eigenvalue weighted by molar-refractivity contribution is 0.0692. The predicted molar refractivity (Wildman–Crippen MR) is 117 cm³/mol. The Morgan fingerprint density at radius 3 is 1.97 bits per heavy atom. The van der Waals surface area contributed by atoms with Crippen LogP contribution < -0.4 is 15.4 Å². The van der Waals surface area contributed by atoms with Crippen molar-refractivity contribution in [3.05, 3.63) is 82.8 Å². The zero-order valence-electron chi connectivity index (χ0n) is 15.3. The highest BCUT2D eigenvalue weighted by atomic mass is 79.9. The van der Waals surface area contributed by atoms with Crippen LogP contribution in [0.25, 0.3) is 0 Å². The molecule has 0 aliphatic heterocycles. The number of hydrogen-bond acceptors (Lipinski definition) is 4. The van der Waals surface area contributed by atoms with E-state index in [0.29, 0.717) is 10.2 Å². The first kappa shape index (κ1) is 21.3. The maximum atomic E-state index is 12.8. The van der Waals surface area contributed by atoms with Crippen molar-refractivity contribution in [2.24, 2.45) is 0 Å². The monoisotopic (exact) mass is 489 g/mol. The van der Waals surface area contributed by atoms with Crippen molar-refractivity contribution in [3.8, 4) is 0 Å². The quantitative estimate of drug-likeness (QED) is 0.402. The summed E-state index contributed by atoms with van der Waals surface area (Å²) in [6, 6.07) is 17.9. The number of para-hydroxylation sites is 3. The van der Waals surface area contributed by atoms with Gasteiger partial charge in [0.1, 0.15) is 4.90 Å². The number of urea groups is 1. The molecule has 0 aliphatic carbocycles. The standard InChI is InChI=1S/C20H16BrN3O5S/c21-14-8-2-3-9-15(14)22-20(27)23-16-10-4-5-11-17(16)24-30(28,29)18-12-6-1-7-13(18)19(25)26/h1-12,24H,(H,25,26)(H2,22,23,27). The molecule has 0 atom stereocenters. The van der Waals surface area contributed by atoms with Crippen molar-refractivity contribution in [1.29, 1.82) is 0 Å². The molecular formula is C20H16BrN3O5S. The Hall–Kier alpha value is -3.37. The molecule has 0 radical (unpaired) electrons. The Bertz CT molecular complexity index is 1210. The summed E-state index contributed by atoms with van der Waals surface area (Å²) in [7, 11) is -4.22. The van der Waals surface area contributed by atoms with Gasteiger partial charge in [-0.3, -0.25) is 4.72 Å². The van der Waals surface area contributed by atoms with Crippen molar-refractivity contribution in [2.45, 2.75) is 4.90 Å². The number of carbonyl (C=O) groups excluding carboxylic acids is 1. The molecule has 0 bridgehead atoms. The number of nitrogens with one attached hydrogen (secondary N) is 3. The fourth-order valence-electron chi connectivity index (χ4n) is 2.60. The highest BCUT2D eigenvalue weighted by Gasteiger charge is 2.23. The number of benzene rings is 3. The minimum absolute atomic E-state index is 0.0833. The van der Waals surface area contributed by atoms with Crippen LogP contribution >= 0.6 is 15.9 Å². The SMILES string of the molecule is O=C(Nc1ccccc1Br)Nc1ccccc1NS(=O)(=O)c1ccccc1C(=O)O. The lowest BCUT2D eigenvalue weighted by Gasteiger charge is -2.15. The first-order valence-electron chi connectivity index (χ1n) is 8.54. The molecule has 3 aromatic rings. The largest absolute Gasteiger partial charge is 0.478 e. The van der Waals surface area contributed by atoms with Crippen molar-refractivity contribution >= 4 is 55.0 Å². The fourth-order valence-corrected chi connectivity index (χ4v) is 4.26. The van der Waals surface area contributed by atoms with Gasteiger partial charge < -0.3 is 15.7 Å². The van der Waals surface area contributed by atoms with Crippen LogP contribution in [0.1, 0.15) is 10.4 Å². The Morgan fingerprint density at radius 2 is 1.30 bits per heavy atom. The average Bonchev–Trinajstić information content (AvgIpc) is 2.71. The molecule has 0 heterocycles. The first-order valence-corrected chi connectivity index (χ1v) is 10.8. The van der Waals surface area contributed by atoms with Gasteiger partial charge in [-0.15, -0.1) is 0 Å². The second-order valence-electron chi connectivity index (χ2n) is 6.01. The summed E-state index contributed by atoms with van der Waals surface area (Å²) in [5.41, 5.74) is 0.448. The minimum atomic E-state index is -4.22. The van der Waals surface area contributed by atoms with Gasteiger partial charge in [-0.2, -0.15) is 0 Å². The van der Waals surface area contributed by atoms with Gasteiger partial charge in [-0.1, -0.05) is 36.4 Å². The smallest absolute Gasteiger partial charge is 0.337 e. The summed E-state index contributed by atoms with van der Waals surface area (Å²) < 4.78 is 28.6. The molecule has 0 aliphatic rings.